The van der Waals surface area contributed by atoms with Crippen LogP contribution in [0.4, 0.5) is 0 Å². The van der Waals surface area contributed by atoms with E-state index in [0.29, 0.717) is 0 Å². The summed E-state index contributed by atoms with van der Waals surface area (Å²) in [5.74, 6) is -1.86. The van der Waals surface area contributed by atoms with E-state index in [2.05, 4.69) is 6.58 Å². The van der Waals surface area contributed by atoms with Gasteiger partial charge >= 0.3 is 11.9 Å². The van der Waals surface area contributed by atoms with Crippen LogP contribution >= 0.6 is 0 Å². The highest BCUT2D eigenvalue weighted by atomic mass is 16.4. The van der Waals surface area contributed by atoms with Crippen LogP contribution in [0, 0.1) is 0 Å². The highest BCUT2D eigenvalue weighted by Crippen LogP contribution is 1.85. The van der Waals surface area contributed by atoms with Crippen molar-refractivity contribution in [1.82, 2.24) is 0 Å². The van der Waals surface area contributed by atoms with Crippen LogP contribution in [0.15, 0.2) is 24.3 Å². The molecule has 0 fully saturated rings. The Morgan fingerprint density at radius 3 is 1.50 bits per heavy atom. The lowest BCUT2D eigenvalue weighted by Gasteiger charge is -1.79. The molecule has 0 bridgehead atoms. The Morgan fingerprint density at radius 2 is 1.50 bits per heavy atom. The molecule has 4 nitrogen and oxygen atoms in total. The number of carboxylic acids is 2. The van der Waals surface area contributed by atoms with Crippen molar-refractivity contribution in [2.45, 2.75) is 13.8 Å². The first-order valence-corrected chi connectivity index (χ1v) is 3.13. The van der Waals surface area contributed by atoms with Crippen LogP contribution < -0.4 is 0 Å². The second kappa shape index (κ2) is 7.53. The maximum absolute atomic E-state index is 9.73. The maximum Gasteiger partial charge on any atom is 0.328 e. The van der Waals surface area contributed by atoms with Crippen LogP contribution in [0.3, 0.4) is 0 Å². The molecule has 68 valence electrons. The lowest BCUT2D eigenvalue weighted by molar-refractivity contribution is -0.132. The number of hydrogen-bond donors (Lipinski definition) is 2. The van der Waals surface area contributed by atoms with Gasteiger partial charge in [-0.25, -0.2) is 9.59 Å². The SMILES string of the molecule is C=CC(=O)O.CC(C)=CC(=O)O. The molecule has 2 N–H and O–H groups in total. The molecule has 0 aliphatic rings. The molecule has 0 amide bonds. The van der Waals surface area contributed by atoms with Gasteiger partial charge < -0.3 is 10.2 Å². The van der Waals surface area contributed by atoms with E-state index in [1.807, 2.05) is 0 Å². The van der Waals surface area contributed by atoms with E-state index in [4.69, 9.17) is 10.2 Å². The van der Waals surface area contributed by atoms with Crippen LogP contribution in [-0.2, 0) is 9.59 Å². The summed E-state index contributed by atoms with van der Waals surface area (Å²) in [4.78, 5) is 19.0. The van der Waals surface area contributed by atoms with Crippen molar-refractivity contribution in [2.24, 2.45) is 0 Å². The maximum atomic E-state index is 9.73. The third-order valence-electron chi connectivity index (χ3n) is 0.587. The van der Waals surface area contributed by atoms with Gasteiger partial charge in [0.1, 0.15) is 0 Å². The molecule has 0 aromatic carbocycles. The summed E-state index contributed by atoms with van der Waals surface area (Å²) in [6, 6.07) is 0. The topological polar surface area (TPSA) is 74.6 Å². The Labute approximate surface area is 70.8 Å². The molecule has 0 radical (unpaired) electrons. The molecule has 0 aliphatic carbocycles. The highest BCUT2D eigenvalue weighted by Gasteiger charge is 1.83. The predicted molar refractivity (Wildman–Crippen MR) is 44.9 cm³/mol. The lowest BCUT2D eigenvalue weighted by atomic mass is 10.3. The minimum Gasteiger partial charge on any atom is -0.478 e. The van der Waals surface area contributed by atoms with Gasteiger partial charge in [-0.05, 0) is 13.8 Å². The summed E-state index contributed by atoms with van der Waals surface area (Å²) in [6.07, 6.45) is 2.00. The van der Waals surface area contributed by atoms with E-state index in [-0.39, 0.29) is 0 Å². The van der Waals surface area contributed by atoms with Crippen LogP contribution in [0.2, 0.25) is 0 Å². The van der Waals surface area contributed by atoms with Gasteiger partial charge in [-0.1, -0.05) is 12.2 Å². The fourth-order valence-electron chi connectivity index (χ4n) is 0.247. The third-order valence-corrected chi connectivity index (χ3v) is 0.587. The standard InChI is InChI=1S/C5H8O2.C3H4O2/c1-4(2)3-5(6)7;1-2-3(4)5/h3H,1-2H3,(H,6,7);2H,1H2,(H,4,5). The third kappa shape index (κ3) is 23.7. The molecule has 0 aromatic rings. The summed E-state index contributed by atoms with van der Waals surface area (Å²) >= 11 is 0. The van der Waals surface area contributed by atoms with Crippen LogP contribution in [0.25, 0.3) is 0 Å². The van der Waals surface area contributed by atoms with Crippen LogP contribution in [0.5, 0.6) is 0 Å². The second-order valence-corrected chi connectivity index (χ2v) is 2.10. The molecule has 0 heterocycles. The van der Waals surface area contributed by atoms with Crippen molar-refractivity contribution < 1.29 is 19.8 Å². The zero-order valence-electron chi connectivity index (χ0n) is 7.07. The van der Waals surface area contributed by atoms with Gasteiger partial charge in [0.15, 0.2) is 0 Å². The van der Waals surface area contributed by atoms with Gasteiger partial charge in [-0.2, -0.15) is 0 Å². The molecule has 0 aromatic heterocycles. The van der Waals surface area contributed by atoms with Crippen molar-refractivity contribution in [3.63, 3.8) is 0 Å². The second-order valence-electron chi connectivity index (χ2n) is 2.10. The molecule has 0 atom stereocenters. The Morgan fingerprint density at radius 1 is 1.17 bits per heavy atom. The molecule has 0 unspecified atom stereocenters. The largest absolute Gasteiger partial charge is 0.478 e. The molecule has 4 heteroatoms. The van der Waals surface area contributed by atoms with Crippen LogP contribution in [-0.4, -0.2) is 22.2 Å². The van der Waals surface area contributed by atoms with E-state index in [1.54, 1.807) is 13.8 Å². The van der Waals surface area contributed by atoms with E-state index in [1.165, 1.54) is 6.08 Å². The molecule has 0 aliphatic heterocycles. The Bertz CT molecular complexity index is 199. The monoisotopic (exact) mass is 172 g/mol. The first-order chi connectivity index (χ1) is 5.40. The van der Waals surface area contributed by atoms with E-state index in [0.717, 1.165) is 11.6 Å². The van der Waals surface area contributed by atoms with Crippen molar-refractivity contribution in [1.29, 1.82) is 0 Å². The summed E-state index contributed by atoms with van der Waals surface area (Å²) in [6.45, 7) is 6.45. The Hall–Kier alpha value is -1.58. The van der Waals surface area contributed by atoms with Gasteiger partial charge in [0, 0.05) is 12.2 Å². The highest BCUT2D eigenvalue weighted by molar-refractivity contribution is 5.80. The summed E-state index contributed by atoms with van der Waals surface area (Å²) in [5.41, 5.74) is 0.813. The van der Waals surface area contributed by atoms with E-state index >= 15 is 0 Å². The lowest BCUT2D eigenvalue weighted by Crippen LogP contribution is -1.86. The van der Waals surface area contributed by atoms with Gasteiger partial charge in [-0.15, -0.1) is 0 Å². The van der Waals surface area contributed by atoms with Crippen molar-refractivity contribution in [3.05, 3.63) is 24.3 Å². The molecule has 0 rings (SSSR count). The average molecular weight is 172 g/mol. The Balaban J connectivity index is 0. The average Bonchev–Trinajstić information content (AvgIpc) is 1.85. The number of carboxylic acid groups (broad SMARTS) is 2. The number of hydrogen-bond acceptors (Lipinski definition) is 2. The summed E-state index contributed by atoms with van der Waals surface area (Å²) in [7, 11) is 0. The first kappa shape index (κ1) is 13.0. The van der Waals surface area contributed by atoms with Gasteiger partial charge in [0.2, 0.25) is 0 Å². The zero-order chi connectivity index (χ0) is 10.1. The normalized spacial score (nSPS) is 7.17. The molecule has 0 saturated carbocycles. The number of carbonyl (C=O) groups is 2. The first-order valence-electron chi connectivity index (χ1n) is 3.13. The predicted octanol–water partition coefficient (Wildman–Crippen LogP) is 1.29. The fraction of sp³-hybridized carbons (Fsp3) is 0.250. The molecule has 12 heavy (non-hydrogen) atoms. The number of rotatable bonds is 2. The van der Waals surface area contributed by atoms with E-state index < -0.39 is 11.9 Å². The minimum absolute atomic E-state index is 0.813. The zero-order valence-corrected chi connectivity index (χ0v) is 7.07. The van der Waals surface area contributed by atoms with Gasteiger partial charge in [-0.3, -0.25) is 0 Å². The smallest absolute Gasteiger partial charge is 0.328 e. The molecular formula is C8H12O4. The number of allylic oxidation sites excluding steroid dienone is 1. The molecular weight excluding hydrogens is 160 g/mol. The molecule has 0 saturated heterocycles. The van der Waals surface area contributed by atoms with Crippen LogP contribution in [0.1, 0.15) is 13.8 Å². The summed E-state index contributed by atoms with van der Waals surface area (Å²) in [5, 5.41) is 15.6. The number of aliphatic carboxylic acids is 2. The fourth-order valence-corrected chi connectivity index (χ4v) is 0.247. The van der Waals surface area contributed by atoms with Gasteiger partial charge in [0.25, 0.3) is 0 Å². The minimum atomic E-state index is -0.981. The van der Waals surface area contributed by atoms with Crippen molar-refractivity contribution >= 4 is 11.9 Å². The quantitative estimate of drug-likeness (QED) is 0.615. The molecule has 0 spiro atoms. The summed E-state index contributed by atoms with van der Waals surface area (Å²) < 4.78 is 0. The van der Waals surface area contributed by atoms with Crippen molar-refractivity contribution in [3.8, 4) is 0 Å². The Kier molecular flexibility index (Phi) is 8.18. The van der Waals surface area contributed by atoms with E-state index in [9.17, 15) is 9.59 Å². The van der Waals surface area contributed by atoms with Gasteiger partial charge in [0.05, 0.1) is 0 Å². The van der Waals surface area contributed by atoms with Crippen molar-refractivity contribution in [2.75, 3.05) is 0 Å².